The lowest BCUT2D eigenvalue weighted by Crippen LogP contribution is -2.41. The Bertz CT molecular complexity index is 666. The second-order valence-electron chi connectivity index (χ2n) is 6.44. The van der Waals surface area contributed by atoms with Gasteiger partial charge in [-0.1, -0.05) is 6.92 Å². The van der Waals surface area contributed by atoms with E-state index >= 15 is 0 Å². The van der Waals surface area contributed by atoms with Crippen LogP contribution in [0.3, 0.4) is 0 Å². The lowest BCUT2D eigenvalue weighted by molar-refractivity contribution is -0.135. The van der Waals surface area contributed by atoms with Crippen molar-refractivity contribution in [1.29, 1.82) is 0 Å². The summed E-state index contributed by atoms with van der Waals surface area (Å²) >= 11 is 0. The minimum absolute atomic E-state index is 0.159. The number of nitrogens with one attached hydrogen (secondary N) is 1. The number of nitrogens with zero attached hydrogens (tertiary/aromatic N) is 4. The van der Waals surface area contributed by atoms with Gasteiger partial charge in [-0.2, -0.15) is 10.2 Å². The zero-order valence-corrected chi connectivity index (χ0v) is 14.1. The van der Waals surface area contributed by atoms with Crippen LogP contribution in [0.1, 0.15) is 55.5 Å². The molecule has 1 N–H and O–H groups in total. The number of aromatic nitrogens is 4. The van der Waals surface area contributed by atoms with Gasteiger partial charge in [0.15, 0.2) is 0 Å². The summed E-state index contributed by atoms with van der Waals surface area (Å²) in [4.78, 5) is 14.6. The molecule has 1 aliphatic rings. The van der Waals surface area contributed by atoms with Crippen LogP contribution in [0.15, 0.2) is 18.6 Å². The normalized spacial score (nSPS) is 17.4. The predicted octanol–water partition coefficient (Wildman–Crippen LogP) is 2.44. The Balaban J connectivity index is 1.61. The smallest absolute Gasteiger partial charge is 0.247 e. The fourth-order valence-corrected chi connectivity index (χ4v) is 3.37. The van der Waals surface area contributed by atoms with Crippen molar-refractivity contribution in [3.8, 4) is 0 Å². The summed E-state index contributed by atoms with van der Waals surface area (Å²) in [6, 6.07) is -0.237. The lowest BCUT2D eigenvalue weighted by atomic mass is 9.90. The summed E-state index contributed by atoms with van der Waals surface area (Å²) < 4.78 is 1.76. The highest BCUT2D eigenvalue weighted by Crippen LogP contribution is 2.29. The molecule has 2 aromatic rings. The number of H-pyrrole nitrogens is 1. The Morgan fingerprint density at radius 3 is 2.74 bits per heavy atom. The van der Waals surface area contributed by atoms with Crippen LogP contribution in [0, 0.1) is 6.92 Å². The van der Waals surface area contributed by atoms with Crippen molar-refractivity contribution in [2.24, 2.45) is 0 Å². The molecule has 6 nitrogen and oxygen atoms in total. The molecule has 0 saturated carbocycles. The number of rotatable bonds is 4. The zero-order chi connectivity index (χ0) is 16.4. The van der Waals surface area contributed by atoms with Crippen LogP contribution in [0.5, 0.6) is 0 Å². The van der Waals surface area contributed by atoms with Crippen molar-refractivity contribution < 1.29 is 4.79 Å². The van der Waals surface area contributed by atoms with Crippen LogP contribution in [0.2, 0.25) is 0 Å². The van der Waals surface area contributed by atoms with Gasteiger partial charge in [-0.3, -0.25) is 14.6 Å². The van der Waals surface area contributed by atoms with Gasteiger partial charge in [0.1, 0.15) is 6.04 Å². The van der Waals surface area contributed by atoms with Gasteiger partial charge in [0, 0.05) is 30.9 Å². The number of carbonyl (C=O) groups excluding carboxylic acids is 1. The molecule has 1 aliphatic heterocycles. The molecule has 124 valence electrons. The zero-order valence-electron chi connectivity index (χ0n) is 14.1. The molecular weight excluding hydrogens is 290 g/mol. The average Bonchev–Trinajstić information content (AvgIpc) is 3.22. The van der Waals surface area contributed by atoms with Crippen molar-refractivity contribution in [2.45, 2.75) is 52.0 Å². The summed E-state index contributed by atoms with van der Waals surface area (Å²) in [7, 11) is 0. The first-order chi connectivity index (χ1) is 11.1. The SMILES string of the molecule is CCc1cn[nH]c1C1CCN(C(=O)[C@@H](C)n2cc(C)cn2)CC1. The first-order valence-corrected chi connectivity index (χ1v) is 8.41. The second-order valence-corrected chi connectivity index (χ2v) is 6.44. The largest absolute Gasteiger partial charge is 0.341 e. The molecule has 23 heavy (non-hydrogen) atoms. The Morgan fingerprint density at radius 1 is 1.39 bits per heavy atom. The van der Waals surface area contributed by atoms with Crippen molar-refractivity contribution in [2.75, 3.05) is 13.1 Å². The van der Waals surface area contributed by atoms with Crippen LogP contribution < -0.4 is 0 Å². The molecule has 1 fully saturated rings. The van der Waals surface area contributed by atoms with E-state index in [1.54, 1.807) is 10.9 Å². The fourth-order valence-electron chi connectivity index (χ4n) is 3.37. The third-order valence-corrected chi connectivity index (χ3v) is 4.83. The van der Waals surface area contributed by atoms with E-state index in [1.165, 1.54) is 11.3 Å². The van der Waals surface area contributed by atoms with Crippen LogP contribution in [0.4, 0.5) is 0 Å². The predicted molar refractivity (Wildman–Crippen MR) is 88.2 cm³/mol. The number of likely N-dealkylation sites (tertiary alicyclic amines) is 1. The number of aromatic amines is 1. The average molecular weight is 315 g/mol. The number of amides is 1. The molecule has 0 aromatic carbocycles. The molecule has 3 rings (SSSR count). The van der Waals surface area contributed by atoms with Gasteiger partial charge < -0.3 is 4.90 Å². The molecule has 1 saturated heterocycles. The van der Waals surface area contributed by atoms with E-state index in [1.807, 2.05) is 31.1 Å². The Morgan fingerprint density at radius 2 is 2.13 bits per heavy atom. The highest BCUT2D eigenvalue weighted by molar-refractivity contribution is 5.80. The maximum absolute atomic E-state index is 12.7. The minimum atomic E-state index is -0.237. The van der Waals surface area contributed by atoms with Crippen LogP contribution in [-0.2, 0) is 11.2 Å². The van der Waals surface area contributed by atoms with Gasteiger partial charge >= 0.3 is 0 Å². The van der Waals surface area contributed by atoms with Crippen molar-refractivity contribution >= 4 is 5.91 Å². The maximum atomic E-state index is 12.7. The van der Waals surface area contributed by atoms with Crippen LogP contribution >= 0.6 is 0 Å². The fraction of sp³-hybridized carbons (Fsp3) is 0.588. The molecule has 0 aliphatic carbocycles. The first-order valence-electron chi connectivity index (χ1n) is 8.41. The first kappa shape index (κ1) is 15.8. The van der Waals surface area contributed by atoms with Crippen molar-refractivity contribution in [3.63, 3.8) is 0 Å². The van der Waals surface area contributed by atoms with Gasteiger partial charge in [-0.15, -0.1) is 0 Å². The Labute approximate surface area is 136 Å². The minimum Gasteiger partial charge on any atom is -0.341 e. The number of hydrogen-bond acceptors (Lipinski definition) is 3. The van der Waals surface area contributed by atoms with E-state index in [-0.39, 0.29) is 11.9 Å². The van der Waals surface area contributed by atoms with Gasteiger partial charge in [-0.25, -0.2) is 0 Å². The summed E-state index contributed by atoms with van der Waals surface area (Å²) in [6.07, 6.45) is 8.63. The molecule has 6 heteroatoms. The highest BCUT2D eigenvalue weighted by Gasteiger charge is 2.29. The van der Waals surface area contributed by atoms with E-state index in [4.69, 9.17) is 0 Å². The molecule has 0 unspecified atom stereocenters. The molecular formula is C17H25N5O. The molecule has 0 bridgehead atoms. The number of piperidine rings is 1. The third-order valence-electron chi connectivity index (χ3n) is 4.83. The van der Waals surface area contributed by atoms with Crippen LogP contribution in [0.25, 0.3) is 0 Å². The molecule has 1 atom stereocenters. The van der Waals surface area contributed by atoms with E-state index < -0.39 is 0 Å². The van der Waals surface area contributed by atoms with Gasteiger partial charge in [-0.05, 0) is 44.2 Å². The Hall–Kier alpha value is -2.11. The summed E-state index contributed by atoms with van der Waals surface area (Å²) in [5.74, 6) is 0.644. The summed E-state index contributed by atoms with van der Waals surface area (Å²) in [6.45, 7) is 7.67. The number of hydrogen-bond donors (Lipinski definition) is 1. The van der Waals surface area contributed by atoms with Crippen molar-refractivity contribution in [1.82, 2.24) is 24.9 Å². The molecule has 3 heterocycles. The monoisotopic (exact) mass is 315 g/mol. The quantitative estimate of drug-likeness (QED) is 0.942. The molecule has 1 amide bonds. The third kappa shape index (κ3) is 3.16. The van der Waals surface area contributed by atoms with Crippen LogP contribution in [-0.4, -0.2) is 43.9 Å². The van der Waals surface area contributed by atoms with E-state index in [9.17, 15) is 4.79 Å². The summed E-state index contributed by atoms with van der Waals surface area (Å²) in [5, 5.41) is 11.6. The molecule has 2 aromatic heterocycles. The topological polar surface area (TPSA) is 66.8 Å². The van der Waals surface area contributed by atoms with E-state index in [2.05, 4.69) is 22.2 Å². The second kappa shape index (κ2) is 6.56. The van der Waals surface area contributed by atoms with Gasteiger partial charge in [0.25, 0.3) is 0 Å². The standard InChI is InChI=1S/C17H25N5O/c1-4-14-10-18-20-16(14)15-5-7-21(8-6-15)17(23)13(3)22-11-12(2)9-19-22/h9-11,13,15H,4-8H2,1-3H3,(H,18,20)/t13-/m1/s1. The Kier molecular flexibility index (Phi) is 4.50. The molecule has 0 radical (unpaired) electrons. The number of carbonyl (C=O) groups is 1. The lowest BCUT2D eigenvalue weighted by Gasteiger charge is -2.33. The summed E-state index contributed by atoms with van der Waals surface area (Å²) in [5.41, 5.74) is 3.64. The van der Waals surface area contributed by atoms with Gasteiger partial charge in [0.2, 0.25) is 5.91 Å². The van der Waals surface area contributed by atoms with Crippen molar-refractivity contribution in [3.05, 3.63) is 35.4 Å². The highest BCUT2D eigenvalue weighted by atomic mass is 16.2. The number of aryl methyl sites for hydroxylation is 2. The maximum Gasteiger partial charge on any atom is 0.247 e. The van der Waals surface area contributed by atoms with E-state index in [0.717, 1.165) is 37.9 Å². The van der Waals surface area contributed by atoms with E-state index in [0.29, 0.717) is 5.92 Å². The molecule has 0 spiro atoms. The van der Waals surface area contributed by atoms with Gasteiger partial charge in [0.05, 0.1) is 12.4 Å².